The van der Waals surface area contributed by atoms with Crippen LogP contribution in [0.15, 0.2) is 0 Å². The van der Waals surface area contributed by atoms with E-state index in [-0.39, 0.29) is 6.54 Å². The minimum atomic E-state index is -1.07. The third kappa shape index (κ3) is 2.91. The molecule has 3 amide bonds. The zero-order valence-electron chi connectivity index (χ0n) is 10.6. The highest BCUT2D eigenvalue weighted by molar-refractivity contribution is 5.85. The summed E-state index contributed by atoms with van der Waals surface area (Å²) in [6.45, 7) is 4.01. The fourth-order valence-corrected chi connectivity index (χ4v) is 1.91. The summed E-state index contributed by atoms with van der Waals surface area (Å²) in [6, 6.07) is -1.37. The van der Waals surface area contributed by atoms with Crippen LogP contribution in [0.25, 0.3) is 0 Å². The van der Waals surface area contributed by atoms with Gasteiger partial charge in [-0.05, 0) is 19.8 Å². The fourth-order valence-electron chi connectivity index (χ4n) is 1.91. The molecule has 1 saturated heterocycles. The minimum absolute atomic E-state index is 0.226. The van der Waals surface area contributed by atoms with Gasteiger partial charge in [0.25, 0.3) is 0 Å². The van der Waals surface area contributed by atoms with Gasteiger partial charge in [-0.15, -0.1) is 0 Å². The zero-order chi connectivity index (χ0) is 13.9. The lowest BCUT2D eigenvalue weighted by atomic mass is 9.89. The van der Waals surface area contributed by atoms with Crippen molar-refractivity contribution in [1.82, 2.24) is 10.2 Å². The lowest BCUT2D eigenvalue weighted by Gasteiger charge is -2.22. The summed E-state index contributed by atoms with van der Waals surface area (Å²) in [5.41, 5.74) is 4.56. The van der Waals surface area contributed by atoms with Crippen LogP contribution < -0.4 is 11.1 Å². The Balaban J connectivity index is 2.60. The van der Waals surface area contributed by atoms with Crippen molar-refractivity contribution < 1.29 is 19.5 Å². The molecule has 1 aliphatic heterocycles. The number of aliphatic carboxylic acids is 1. The number of hydrogen-bond acceptors (Lipinski definition) is 3. The maximum Gasteiger partial charge on any atom is 0.326 e. The standard InChI is InChI=1S/C11H19N3O4/c1-3-7(8(15)16)13-10(18)14-5-4-11(2,6-14)9(12)17/h7H,3-6H2,1-2H3,(H2,12,17)(H,13,18)(H,15,16)/t7-,11?/m1/s1. The van der Waals surface area contributed by atoms with Crippen LogP contribution in [0.2, 0.25) is 0 Å². The van der Waals surface area contributed by atoms with Gasteiger partial charge in [-0.3, -0.25) is 4.79 Å². The first-order chi connectivity index (χ1) is 8.30. The van der Waals surface area contributed by atoms with Gasteiger partial charge < -0.3 is 21.1 Å². The van der Waals surface area contributed by atoms with Gasteiger partial charge in [0.2, 0.25) is 5.91 Å². The van der Waals surface area contributed by atoms with E-state index >= 15 is 0 Å². The van der Waals surface area contributed by atoms with E-state index in [1.54, 1.807) is 13.8 Å². The molecule has 1 aliphatic rings. The number of carboxylic acid groups (broad SMARTS) is 1. The Morgan fingerprint density at radius 3 is 2.50 bits per heavy atom. The second kappa shape index (κ2) is 5.24. The fraction of sp³-hybridized carbons (Fsp3) is 0.727. The average molecular weight is 257 g/mol. The predicted molar refractivity (Wildman–Crippen MR) is 63.7 cm³/mol. The molecular formula is C11H19N3O4. The molecule has 0 aliphatic carbocycles. The molecule has 1 unspecified atom stereocenters. The van der Waals surface area contributed by atoms with Crippen LogP contribution in [0, 0.1) is 5.41 Å². The topological polar surface area (TPSA) is 113 Å². The highest BCUT2D eigenvalue weighted by atomic mass is 16.4. The lowest BCUT2D eigenvalue weighted by molar-refractivity contribution is -0.139. The summed E-state index contributed by atoms with van der Waals surface area (Å²) >= 11 is 0. The number of carboxylic acids is 1. The molecule has 4 N–H and O–H groups in total. The number of carbonyl (C=O) groups is 3. The van der Waals surface area contributed by atoms with Crippen LogP contribution in [0.4, 0.5) is 4.79 Å². The smallest absolute Gasteiger partial charge is 0.326 e. The number of urea groups is 1. The van der Waals surface area contributed by atoms with E-state index in [2.05, 4.69) is 5.32 Å². The molecule has 0 aromatic carbocycles. The number of primary amides is 1. The first-order valence-electron chi connectivity index (χ1n) is 5.88. The van der Waals surface area contributed by atoms with Crippen LogP contribution in [-0.4, -0.2) is 47.0 Å². The molecule has 7 heteroatoms. The van der Waals surface area contributed by atoms with E-state index in [0.717, 1.165) is 0 Å². The summed E-state index contributed by atoms with van der Waals surface area (Å²) in [5.74, 6) is -1.51. The summed E-state index contributed by atoms with van der Waals surface area (Å²) in [6.07, 6.45) is 0.807. The molecule has 1 fully saturated rings. The van der Waals surface area contributed by atoms with Crippen LogP contribution in [0.1, 0.15) is 26.7 Å². The van der Waals surface area contributed by atoms with E-state index in [4.69, 9.17) is 10.8 Å². The molecule has 7 nitrogen and oxygen atoms in total. The number of nitrogens with one attached hydrogen (secondary N) is 1. The second-order valence-electron chi connectivity index (χ2n) is 4.85. The predicted octanol–water partition coefficient (Wildman–Crippen LogP) is -0.243. The van der Waals surface area contributed by atoms with Crippen molar-refractivity contribution in [2.75, 3.05) is 13.1 Å². The van der Waals surface area contributed by atoms with Gasteiger partial charge in [-0.1, -0.05) is 6.92 Å². The molecule has 0 aromatic heterocycles. The molecule has 102 valence electrons. The second-order valence-corrected chi connectivity index (χ2v) is 4.85. The van der Waals surface area contributed by atoms with Crippen molar-refractivity contribution in [2.45, 2.75) is 32.7 Å². The largest absolute Gasteiger partial charge is 0.480 e. The Morgan fingerprint density at radius 1 is 1.50 bits per heavy atom. The van der Waals surface area contributed by atoms with E-state index in [0.29, 0.717) is 19.4 Å². The Hall–Kier alpha value is -1.79. The van der Waals surface area contributed by atoms with E-state index in [1.807, 2.05) is 0 Å². The normalized spacial score (nSPS) is 24.7. The summed E-state index contributed by atoms with van der Waals surface area (Å²) in [4.78, 5) is 35.3. The Morgan fingerprint density at radius 2 is 2.11 bits per heavy atom. The van der Waals surface area contributed by atoms with Gasteiger partial charge in [-0.2, -0.15) is 0 Å². The van der Waals surface area contributed by atoms with Crippen molar-refractivity contribution in [3.8, 4) is 0 Å². The monoisotopic (exact) mass is 257 g/mol. The molecule has 2 atom stereocenters. The molecule has 0 radical (unpaired) electrons. The molecule has 1 rings (SSSR count). The SMILES string of the molecule is CC[C@@H](NC(=O)N1CCC(C)(C(N)=O)C1)C(=O)O. The third-order valence-electron chi connectivity index (χ3n) is 3.36. The van der Waals surface area contributed by atoms with E-state index in [1.165, 1.54) is 4.90 Å². The molecule has 0 saturated carbocycles. The Kier molecular flexibility index (Phi) is 4.15. The van der Waals surface area contributed by atoms with Crippen molar-refractivity contribution in [3.05, 3.63) is 0 Å². The number of likely N-dealkylation sites (tertiary alicyclic amines) is 1. The van der Waals surface area contributed by atoms with Gasteiger partial charge >= 0.3 is 12.0 Å². The number of amides is 3. The lowest BCUT2D eigenvalue weighted by Crippen LogP contribution is -2.48. The van der Waals surface area contributed by atoms with Gasteiger partial charge in [-0.25, -0.2) is 9.59 Å². The molecular weight excluding hydrogens is 238 g/mol. The van der Waals surface area contributed by atoms with E-state index in [9.17, 15) is 14.4 Å². The number of carbonyl (C=O) groups excluding carboxylic acids is 2. The maximum atomic E-state index is 11.8. The number of nitrogens with zero attached hydrogens (tertiary/aromatic N) is 1. The van der Waals surface area contributed by atoms with Crippen LogP contribution in [0.3, 0.4) is 0 Å². The van der Waals surface area contributed by atoms with Crippen LogP contribution >= 0.6 is 0 Å². The first kappa shape index (κ1) is 14.3. The summed E-state index contributed by atoms with van der Waals surface area (Å²) < 4.78 is 0. The highest BCUT2D eigenvalue weighted by Gasteiger charge is 2.41. The highest BCUT2D eigenvalue weighted by Crippen LogP contribution is 2.29. The van der Waals surface area contributed by atoms with Gasteiger partial charge in [0.15, 0.2) is 0 Å². The quantitative estimate of drug-likeness (QED) is 0.644. The first-order valence-corrected chi connectivity index (χ1v) is 5.88. The number of hydrogen-bond donors (Lipinski definition) is 3. The van der Waals surface area contributed by atoms with Gasteiger partial charge in [0, 0.05) is 13.1 Å². The molecule has 1 heterocycles. The summed E-state index contributed by atoms with van der Waals surface area (Å²) in [5, 5.41) is 11.3. The zero-order valence-corrected chi connectivity index (χ0v) is 10.6. The summed E-state index contributed by atoms with van der Waals surface area (Å²) in [7, 11) is 0. The Labute approximate surface area is 105 Å². The minimum Gasteiger partial charge on any atom is -0.480 e. The molecule has 0 aromatic rings. The molecule has 0 spiro atoms. The maximum absolute atomic E-state index is 11.8. The van der Waals surface area contributed by atoms with Crippen LogP contribution in [-0.2, 0) is 9.59 Å². The number of rotatable bonds is 4. The van der Waals surface area contributed by atoms with E-state index < -0.39 is 29.4 Å². The molecule has 18 heavy (non-hydrogen) atoms. The van der Waals surface area contributed by atoms with Gasteiger partial charge in [0.05, 0.1) is 5.41 Å². The van der Waals surface area contributed by atoms with Crippen molar-refractivity contribution in [2.24, 2.45) is 11.1 Å². The van der Waals surface area contributed by atoms with Crippen molar-refractivity contribution in [1.29, 1.82) is 0 Å². The molecule has 0 bridgehead atoms. The van der Waals surface area contributed by atoms with Crippen LogP contribution in [0.5, 0.6) is 0 Å². The van der Waals surface area contributed by atoms with Crippen molar-refractivity contribution >= 4 is 17.9 Å². The van der Waals surface area contributed by atoms with Gasteiger partial charge in [0.1, 0.15) is 6.04 Å². The average Bonchev–Trinajstić information content (AvgIpc) is 2.69. The third-order valence-corrected chi connectivity index (χ3v) is 3.36. The Bertz CT molecular complexity index is 371. The number of nitrogens with two attached hydrogens (primary N) is 1. The van der Waals surface area contributed by atoms with Crippen molar-refractivity contribution in [3.63, 3.8) is 0 Å².